The van der Waals surface area contributed by atoms with E-state index in [1.165, 1.54) is 18.2 Å². The zero-order valence-corrected chi connectivity index (χ0v) is 9.25. The molecular weight excluding hydrogens is 240 g/mol. The number of benzene rings is 1. The van der Waals surface area contributed by atoms with E-state index in [0.717, 1.165) is 6.07 Å². The summed E-state index contributed by atoms with van der Waals surface area (Å²) in [6, 6.07) is 5.17. The van der Waals surface area contributed by atoms with Crippen LogP contribution in [0.25, 0.3) is 0 Å². The molecule has 94 valence electrons. The summed E-state index contributed by atoms with van der Waals surface area (Å²) >= 11 is 0. The molecule has 1 aliphatic rings. The van der Waals surface area contributed by atoms with Crippen molar-refractivity contribution in [1.29, 1.82) is 0 Å². The van der Waals surface area contributed by atoms with Crippen LogP contribution in [0.2, 0.25) is 0 Å². The predicted molar refractivity (Wildman–Crippen MR) is 60.2 cm³/mol. The van der Waals surface area contributed by atoms with Gasteiger partial charge in [-0.2, -0.15) is 0 Å². The van der Waals surface area contributed by atoms with Crippen molar-refractivity contribution in [3.8, 4) is 0 Å². The van der Waals surface area contributed by atoms with E-state index in [1.54, 1.807) is 0 Å². The molecule has 0 atom stereocenters. The third kappa shape index (κ3) is 2.15. The van der Waals surface area contributed by atoms with Crippen LogP contribution in [0.15, 0.2) is 24.3 Å². The lowest BCUT2D eigenvalue weighted by Gasteiger charge is -2.12. The number of carbonyl (C=O) groups excluding carboxylic acids is 1. The second kappa shape index (κ2) is 4.10. The van der Waals surface area contributed by atoms with Gasteiger partial charge < -0.3 is 10.4 Å². The minimum Gasteiger partial charge on any atom is -0.480 e. The van der Waals surface area contributed by atoms with E-state index in [-0.39, 0.29) is 11.3 Å². The van der Waals surface area contributed by atoms with Crippen LogP contribution >= 0.6 is 0 Å². The normalized spacial score (nSPS) is 15.8. The molecule has 2 N–H and O–H groups in total. The summed E-state index contributed by atoms with van der Waals surface area (Å²) < 4.78 is 0. The molecule has 7 heteroatoms. The Morgan fingerprint density at radius 1 is 1.39 bits per heavy atom. The molecule has 0 spiro atoms. The van der Waals surface area contributed by atoms with Gasteiger partial charge in [0.05, 0.1) is 4.92 Å². The molecule has 0 aliphatic heterocycles. The van der Waals surface area contributed by atoms with E-state index in [0.29, 0.717) is 12.8 Å². The number of rotatable bonds is 4. The zero-order chi connectivity index (χ0) is 13.3. The number of nitrogens with zero attached hydrogens (tertiary/aromatic N) is 1. The Balaban J connectivity index is 2.17. The van der Waals surface area contributed by atoms with Gasteiger partial charge in [0, 0.05) is 17.7 Å². The summed E-state index contributed by atoms with van der Waals surface area (Å²) in [6.45, 7) is 0. The highest BCUT2D eigenvalue weighted by atomic mass is 16.6. The van der Waals surface area contributed by atoms with Gasteiger partial charge in [0.25, 0.3) is 11.6 Å². The molecule has 0 heterocycles. The van der Waals surface area contributed by atoms with Gasteiger partial charge in [-0.25, -0.2) is 4.79 Å². The standard InChI is InChI=1S/C11H10N2O5/c14-9(12-11(4-5-11)10(15)16)7-2-1-3-8(6-7)13(17)18/h1-3,6H,4-5H2,(H,12,14)(H,15,16). The SMILES string of the molecule is O=C(NC1(C(=O)O)CC1)c1cccc([N+](=O)[O-])c1. The first-order valence-corrected chi connectivity index (χ1v) is 5.25. The van der Waals surface area contributed by atoms with Crippen molar-refractivity contribution in [2.45, 2.75) is 18.4 Å². The highest BCUT2D eigenvalue weighted by Gasteiger charge is 2.51. The summed E-state index contributed by atoms with van der Waals surface area (Å²) in [7, 11) is 0. The van der Waals surface area contributed by atoms with Crippen molar-refractivity contribution in [2.24, 2.45) is 0 Å². The molecule has 1 aliphatic carbocycles. The number of hydrogen-bond acceptors (Lipinski definition) is 4. The lowest BCUT2D eigenvalue weighted by molar-refractivity contribution is -0.384. The predicted octanol–water partition coefficient (Wildman–Crippen LogP) is 0.942. The van der Waals surface area contributed by atoms with E-state index in [4.69, 9.17) is 5.11 Å². The third-order valence-electron chi connectivity index (χ3n) is 2.83. The van der Waals surface area contributed by atoms with Crippen molar-refractivity contribution in [3.05, 3.63) is 39.9 Å². The Bertz CT molecular complexity index is 536. The van der Waals surface area contributed by atoms with Gasteiger partial charge in [0.2, 0.25) is 0 Å². The van der Waals surface area contributed by atoms with Crippen LogP contribution in [0.1, 0.15) is 23.2 Å². The molecule has 18 heavy (non-hydrogen) atoms. The number of carboxylic acids is 1. The molecule has 1 aromatic rings. The molecule has 0 bridgehead atoms. The quantitative estimate of drug-likeness (QED) is 0.610. The van der Waals surface area contributed by atoms with Crippen molar-refractivity contribution in [3.63, 3.8) is 0 Å². The summed E-state index contributed by atoms with van der Waals surface area (Å²) in [5.74, 6) is -1.69. The lowest BCUT2D eigenvalue weighted by Crippen LogP contribution is -2.43. The molecule has 0 saturated heterocycles. The van der Waals surface area contributed by atoms with Gasteiger partial charge in [-0.1, -0.05) is 6.07 Å². The van der Waals surface area contributed by atoms with Crippen LogP contribution in [-0.4, -0.2) is 27.4 Å². The van der Waals surface area contributed by atoms with Crippen LogP contribution in [0.4, 0.5) is 5.69 Å². The number of hydrogen-bond donors (Lipinski definition) is 2. The topological polar surface area (TPSA) is 110 Å². The van der Waals surface area contributed by atoms with Gasteiger partial charge >= 0.3 is 5.97 Å². The fraction of sp³-hybridized carbons (Fsp3) is 0.273. The minimum atomic E-state index is -1.19. The van der Waals surface area contributed by atoms with Crippen molar-refractivity contribution in [1.82, 2.24) is 5.32 Å². The summed E-state index contributed by atoms with van der Waals surface area (Å²) in [4.78, 5) is 32.6. The average molecular weight is 250 g/mol. The molecule has 1 fully saturated rings. The first-order chi connectivity index (χ1) is 8.44. The number of nitro benzene ring substituents is 1. The Morgan fingerprint density at radius 3 is 2.56 bits per heavy atom. The molecule has 1 saturated carbocycles. The van der Waals surface area contributed by atoms with Crippen LogP contribution in [0.5, 0.6) is 0 Å². The third-order valence-corrected chi connectivity index (χ3v) is 2.83. The fourth-order valence-electron chi connectivity index (χ4n) is 1.57. The zero-order valence-electron chi connectivity index (χ0n) is 9.25. The number of carboxylic acid groups (broad SMARTS) is 1. The number of carbonyl (C=O) groups is 2. The molecule has 0 unspecified atom stereocenters. The number of nitrogens with one attached hydrogen (secondary N) is 1. The second-order valence-electron chi connectivity index (χ2n) is 4.15. The van der Waals surface area contributed by atoms with Gasteiger partial charge in [0.15, 0.2) is 0 Å². The van der Waals surface area contributed by atoms with Crippen LogP contribution in [0.3, 0.4) is 0 Å². The minimum absolute atomic E-state index is 0.0803. The Labute approximate surface area is 102 Å². The smallest absolute Gasteiger partial charge is 0.329 e. The molecule has 0 radical (unpaired) electrons. The van der Waals surface area contributed by atoms with E-state index < -0.39 is 22.3 Å². The molecule has 7 nitrogen and oxygen atoms in total. The number of non-ortho nitro benzene ring substituents is 1. The first kappa shape index (κ1) is 12.0. The molecule has 0 aromatic heterocycles. The summed E-state index contributed by atoms with van der Waals surface area (Å²) in [5, 5.41) is 21.9. The maximum atomic E-state index is 11.8. The van der Waals surface area contributed by atoms with Crippen molar-refractivity contribution < 1.29 is 19.6 Å². The average Bonchev–Trinajstić information content (AvgIpc) is 3.10. The van der Waals surface area contributed by atoms with Crippen molar-refractivity contribution in [2.75, 3.05) is 0 Å². The van der Waals surface area contributed by atoms with E-state index >= 15 is 0 Å². The van der Waals surface area contributed by atoms with Crippen LogP contribution < -0.4 is 5.32 Å². The number of amides is 1. The van der Waals surface area contributed by atoms with Crippen molar-refractivity contribution >= 4 is 17.6 Å². The highest BCUT2D eigenvalue weighted by Crippen LogP contribution is 2.35. The molecular formula is C11H10N2O5. The fourth-order valence-corrected chi connectivity index (χ4v) is 1.57. The summed E-state index contributed by atoms with van der Waals surface area (Å²) in [5.41, 5.74) is -1.32. The van der Waals surface area contributed by atoms with E-state index in [1.807, 2.05) is 0 Å². The van der Waals surface area contributed by atoms with E-state index in [9.17, 15) is 19.7 Å². The van der Waals surface area contributed by atoms with Crippen LogP contribution in [0, 0.1) is 10.1 Å². The van der Waals surface area contributed by atoms with E-state index in [2.05, 4.69) is 5.32 Å². The second-order valence-corrected chi connectivity index (χ2v) is 4.15. The Hall–Kier alpha value is -2.44. The largest absolute Gasteiger partial charge is 0.480 e. The Morgan fingerprint density at radius 2 is 2.06 bits per heavy atom. The number of nitro groups is 1. The Kier molecular flexibility index (Phi) is 2.74. The van der Waals surface area contributed by atoms with Gasteiger partial charge in [-0.05, 0) is 18.9 Å². The first-order valence-electron chi connectivity index (χ1n) is 5.25. The maximum absolute atomic E-state index is 11.8. The van der Waals surface area contributed by atoms with Gasteiger partial charge in [0.1, 0.15) is 5.54 Å². The maximum Gasteiger partial charge on any atom is 0.329 e. The molecule has 1 amide bonds. The summed E-state index contributed by atoms with van der Waals surface area (Å²) in [6.07, 6.45) is 0.756. The highest BCUT2D eigenvalue weighted by molar-refractivity contribution is 5.99. The van der Waals surface area contributed by atoms with Gasteiger partial charge in [-0.3, -0.25) is 14.9 Å². The lowest BCUT2D eigenvalue weighted by atomic mass is 10.1. The molecule has 1 aromatic carbocycles. The van der Waals surface area contributed by atoms with Gasteiger partial charge in [-0.15, -0.1) is 0 Å². The monoisotopic (exact) mass is 250 g/mol. The molecule has 2 rings (SSSR count). The number of aliphatic carboxylic acids is 1. The van der Waals surface area contributed by atoms with Crippen LogP contribution in [-0.2, 0) is 4.79 Å².